The number of rotatable bonds is 7. The Morgan fingerprint density at radius 2 is 1.77 bits per heavy atom. The molecule has 0 radical (unpaired) electrons. The first kappa shape index (κ1) is 20.1. The predicted molar refractivity (Wildman–Crippen MR) is 104 cm³/mol. The first-order chi connectivity index (χ1) is 12.3. The highest BCUT2D eigenvalue weighted by molar-refractivity contribution is 6.35. The van der Waals surface area contributed by atoms with E-state index in [1.165, 1.54) is 4.90 Å². The lowest BCUT2D eigenvalue weighted by atomic mass is 10.1. The zero-order valence-electron chi connectivity index (χ0n) is 14.6. The maximum atomic E-state index is 12.1. The van der Waals surface area contributed by atoms with E-state index in [0.29, 0.717) is 34.3 Å². The normalized spacial score (nSPS) is 10.3. The van der Waals surface area contributed by atoms with Gasteiger partial charge >= 0.3 is 0 Å². The van der Waals surface area contributed by atoms with Gasteiger partial charge < -0.3 is 15.0 Å². The highest BCUT2D eigenvalue weighted by Gasteiger charge is 2.08. The Labute approximate surface area is 162 Å². The van der Waals surface area contributed by atoms with Crippen LogP contribution < -0.4 is 10.1 Å². The van der Waals surface area contributed by atoms with Crippen LogP contribution in [0.25, 0.3) is 0 Å². The molecule has 0 aliphatic rings. The van der Waals surface area contributed by atoms with E-state index in [4.69, 9.17) is 27.9 Å². The molecule has 138 valence electrons. The van der Waals surface area contributed by atoms with Crippen LogP contribution in [0.1, 0.15) is 12.0 Å². The second-order valence-electron chi connectivity index (χ2n) is 5.89. The molecule has 0 aliphatic heterocycles. The molecule has 1 N–H and O–H groups in total. The Hall–Kier alpha value is -2.24. The summed E-state index contributed by atoms with van der Waals surface area (Å²) < 4.78 is 5.39. The standard InChI is InChI=1S/C19H20Cl2N2O3/c1-23(2)19(25)12-26-16-8-6-15(7-9-16)22-18(24)10-4-13-3-5-14(20)11-17(13)21/h3,5-9,11H,4,10,12H2,1-2H3,(H,22,24). The molecule has 0 atom stereocenters. The summed E-state index contributed by atoms with van der Waals surface area (Å²) in [5.41, 5.74) is 1.53. The Kier molecular flexibility index (Phi) is 7.30. The van der Waals surface area contributed by atoms with Gasteiger partial charge in [0.1, 0.15) is 5.75 Å². The van der Waals surface area contributed by atoms with Gasteiger partial charge in [-0.1, -0.05) is 29.3 Å². The molecular weight excluding hydrogens is 375 g/mol. The van der Waals surface area contributed by atoms with E-state index in [9.17, 15) is 9.59 Å². The molecule has 2 aromatic rings. The van der Waals surface area contributed by atoms with Crippen LogP contribution in [0.2, 0.25) is 10.0 Å². The topological polar surface area (TPSA) is 58.6 Å². The van der Waals surface area contributed by atoms with Gasteiger partial charge in [0.05, 0.1) is 0 Å². The van der Waals surface area contributed by atoms with Crippen LogP contribution in [0.4, 0.5) is 5.69 Å². The molecule has 5 nitrogen and oxygen atoms in total. The quantitative estimate of drug-likeness (QED) is 0.770. The second-order valence-corrected chi connectivity index (χ2v) is 6.73. The number of carbonyl (C=O) groups excluding carboxylic acids is 2. The number of nitrogens with zero attached hydrogens (tertiary/aromatic N) is 1. The number of anilines is 1. The van der Waals surface area contributed by atoms with Gasteiger partial charge in [-0.05, 0) is 48.4 Å². The number of benzene rings is 2. The highest BCUT2D eigenvalue weighted by atomic mass is 35.5. The van der Waals surface area contributed by atoms with Gasteiger partial charge in [0.2, 0.25) is 5.91 Å². The van der Waals surface area contributed by atoms with Crippen molar-refractivity contribution in [1.82, 2.24) is 4.90 Å². The molecule has 0 aromatic heterocycles. The van der Waals surface area contributed by atoms with Crippen LogP contribution in [0.3, 0.4) is 0 Å². The second kappa shape index (κ2) is 9.46. The molecule has 0 spiro atoms. The van der Waals surface area contributed by atoms with Gasteiger partial charge in [-0.15, -0.1) is 0 Å². The maximum Gasteiger partial charge on any atom is 0.259 e. The number of amides is 2. The molecule has 0 heterocycles. The van der Waals surface area contributed by atoms with E-state index in [0.717, 1.165) is 5.56 Å². The number of likely N-dealkylation sites (N-methyl/N-ethyl adjacent to an activating group) is 1. The fraction of sp³-hybridized carbons (Fsp3) is 0.263. The monoisotopic (exact) mass is 394 g/mol. The van der Waals surface area contributed by atoms with Crippen molar-refractivity contribution in [3.63, 3.8) is 0 Å². The van der Waals surface area contributed by atoms with Crippen LogP contribution in [0.15, 0.2) is 42.5 Å². The van der Waals surface area contributed by atoms with Crippen molar-refractivity contribution in [2.24, 2.45) is 0 Å². The summed E-state index contributed by atoms with van der Waals surface area (Å²) in [4.78, 5) is 25.0. The number of nitrogens with one attached hydrogen (secondary N) is 1. The van der Waals surface area contributed by atoms with E-state index in [1.807, 2.05) is 6.07 Å². The lowest BCUT2D eigenvalue weighted by Crippen LogP contribution is -2.27. The smallest absolute Gasteiger partial charge is 0.259 e. The number of aryl methyl sites for hydroxylation is 1. The molecule has 7 heteroatoms. The van der Waals surface area contributed by atoms with E-state index in [2.05, 4.69) is 5.32 Å². The summed E-state index contributed by atoms with van der Waals surface area (Å²) in [6.45, 7) is -0.0272. The van der Waals surface area contributed by atoms with E-state index >= 15 is 0 Å². The van der Waals surface area contributed by atoms with Crippen molar-refractivity contribution in [3.05, 3.63) is 58.1 Å². The van der Waals surface area contributed by atoms with Crippen molar-refractivity contribution < 1.29 is 14.3 Å². The summed E-state index contributed by atoms with van der Waals surface area (Å²) in [7, 11) is 3.34. The SMILES string of the molecule is CN(C)C(=O)COc1ccc(NC(=O)CCc2ccc(Cl)cc2Cl)cc1. The molecule has 0 aliphatic carbocycles. The first-order valence-electron chi connectivity index (χ1n) is 8.02. The molecular formula is C19H20Cl2N2O3. The van der Waals surface area contributed by atoms with Crippen molar-refractivity contribution in [2.45, 2.75) is 12.8 Å². The molecule has 2 amide bonds. The number of halogens is 2. The maximum absolute atomic E-state index is 12.1. The average molecular weight is 395 g/mol. The van der Waals surface area contributed by atoms with Crippen molar-refractivity contribution in [3.8, 4) is 5.75 Å². The van der Waals surface area contributed by atoms with E-state index in [-0.39, 0.29) is 18.4 Å². The Morgan fingerprint density at radius 3 is 2.38 bits per heavy atom. The van der Waals surface area contributed by atoms with Gasteiger partial charge in [-0.25, -0.2) is 0 Å². The van der Waals surface area contributed by atoms with Gasteiger partial charge in [-0.2, -0.15) is 0 Å². The Morgan fingerprint density at radius 1 is 1.08 bits per heavy atom. The van der Waals surface area contributed by atoms with Crippen molar-refractivity contribution >= 4 is 40.7 Å². The van der Waals surface area contributed by atoms with Crippen LogP contribution in [-0.2, 0) is 16.0 Å². The number of carbonyl (C=O) groups is 2. The Balaban J connectivity index is 1.82. The molecule has 0 saturated heterocycles. The Bertz CT molecular complexity index is 777. The molecule has 0 fully saturated rings. The molecule has 2 aromatic carbocycles. The number of hydrogen-bond donors (Lipinski definition) is 1. The number of hydrogen-bond acceptors (Lipinski definition) is 3. The zero-order chi connectivity index (χ0) is 19.1. The molecule has 26 heavy (non-hydrogen) atoms. The molecule has 2 rings (SSSR count). The average Bonchev–Trinajstić information content (AvgIpc) is 2.60. The minimum atomic E-state index is -0.122. The fourth-order valence-corrected chi connectivity index (χ4v) is 2.61. The minimum Gasteiger partial charge on any atom is -0.484 e. The lowest BCUT2D eigenvalue weighted by molar-refractivity contribution is -0.130. The van der Waals surface area contributed by atoms with Gasteiger partial charge in [0.15, 0.2) is 6.61 Å². The van der Waals surface area contributed by atoms with E-state index in [1.54, 1.807) is 50.5 Å². The minimum absolute atomic E-state index is 0.0272. The van der Waals surface area contributed by atoms with Gasteiger partial charge in [0.25, 0.3) is 5.91 Å². The zero-order valence-corrected chi connectivity index (χ0v) is 16.1. The van der Waals surface area contributed by atoms with E-state index < -0.39 is 0 Å². The van der Waals surface area contributed by atoms with Crippen molar-refractivity contribution in [2.75, 3.05) is 26.0 Å². The van der Waals surface area contributed by atoms with Gasteiger partial charge in [0, 0.05) is 36.2 Å². The number of ether oxygens (including phenoxy) is 1. The van der Waals surface area contributed by atoms with Gasteiger partial charge in [-0.3, -0.25) is 9.59 Å². The van der Waals surface area contributed by atoms with Crippen LogP contribution in [-0.4, -0.2) is 37.4 Å². The third-order valence-corrected chi connectivity index (χ3v) is 4.22. The summed E-state index contributed by atoms with van der Waals surface area (Å²) in [5.74, 6) is 0.321. The largest absolute Gasteiger partial charge is 0.484 e. The lowest BCUT2D eigenvalue weighted by Gasteiger charge is -2.12. The highest BCUT2D eigenvalue weighted by Crippen LogP contribution is 2.22. The third-order valence-electron chi connectivity index (χ3n) is 3.64. The molecule has 0 bridgehead atoms. The summed E-state index contributed by atoms with van der Waals surface area (Å²) >= 11 is 12.0. The van der Waals surface area contributed by atoms with Crippen LogP contribution in [0, 0.1) is 0 Å². The summed E-state index contributed by atoms with van der Waals surface area (Å²) in [5, 5.41) is 3.94. The summed E-state index contributed by atoms with van der Waals surface area (Å²) in [6, 6.07) is 12.1. The fourth-order valence-electron chi connectivity index (χ4n) is 2.10. The first-order valence-corrected chi connectivity index (χ1v) is 8.77. The third kappa shape index (κ3) is 6.24. The summed E-state index contributed by atoms with van der Waals surface area (Å²) in [6.07, 6.45) is 0.826. The molecule has 0 unspecified atom stereocenters. The van der Waals surface area contributed by atoms with Crippen LogP contribution in [0.5, 0.6) is 5.75 Å². The van der Waals surface area contributed by atoms with Crippen molar-refractivity contribution in [1.29, 1.82) is 0 Å². The predicted octanol–water partition coefficient (Wildman–Crippen LogP) is 4.03. The van der Waals surface area contributed by atoms with Crippen LogP contribution >= 0.6 is 23.2 Å². The molecule has 0 saturated carbocycles.